The van der Waals surface area contributed by atoms with Gasteiger partial charge in [0.2, 0.25) is 0 Å². The Morgan fingerprint density at radius 2 is 0.431 bits per heavy atom. The van der Waals surface area contributed by atoms with Gasteiger partial charge in [-0.3, -0.25) is 0 Å². The minimum atomic E-state index is 0.773. The molecule has 6 rings (SSSR count). The van der Waals surface area contributed by atoms with Crippen LogP contribution in [0.3, 0.4) is 0 Å². The average molecular weight is 973 g/mol. The lowest BCUT2D eigenvalue weighted by atomic mass is 10.1. The third-order valence-electron chi connectivity index (χ3n) is 15.0. The van der Waals surface area contributed by atoms with Crippen LogP contribution in [0.5, 0.6) is 17.2 Å². The van der Waals surface area contributed by atoms with Crippen molar-refractivity contribution in [3.05, 3.63) is 197 Å². The fourth-order valence-corrected chi connectivity index (χ4v) is 8.80. The summed E-state index contributed by atoms with van der Waals surface area (Å²) in [5, 5.41) is 0. The van der Waals surface area contributed by atoms with E-state index in [2.05, 4.69) is 244 Å². The van der Waals surface area contributed by atoms with E-state index in [9.17, 15) is 0 Å². The Bertz CT molecular complexity index is 2090. The molecule has 0 amide bonds. The van der Waals surface area contributed by atoms with Crippen LogP contribution >= 0.6 is 0 Å². The molecule has 0 saturated carbocycles. The van der Waals surface area contributed by atoms with Gasteiger partial charge in [0.25, 0.3) is 0 Å². The monoisotopic (exact) mass is 973 g/mol. The number of rotatable bonds is 27. The van der Waals surface area contributed by atoms with E-state index in [4.69, 9.17) is 14.2 Å². The fraction of sp³-hybridized carbons (Fsp3) is 0.364. The highest BCUT2D eigenvalue weighted by molar-refractivity contribution is 5.71. The third kappa shape index (κ3) is 20.5. The zero-order chi connectivity index (χ0) is 51.8. The van der Waals surface area contributed by atoms with Crippen LogP contribution in [-0.2, 0) is 0 Å². The lowest BCUT2D eigenvalue weighted by Gasteiger charge is -2.35. The molecule has 0 bridgehead atoms. The van der Waals surface area contributed by atoms with Crippen molar-refractivity contribution < 1.29 is 27.7 Å². The summed E-state index contributed by atoms with van der Waals surface area (Å²) in [7, 11) is 0. The second-order valence-corrected chi connectivity index (χ2v) is 18.5. The van der Waals surface area contributed by atoms with Gasteiger partial charge in [0.05, 0.1) is 58.9 Å². The van der Waals surface area contributed by atoms with E-state index >= 15 is 0 Å². The van der Waals surface area contributed by atoms with Crippen LogP contribution in [0.4, 0.5) is 0 Å². The second-order valence-electron chi connectivity index (χ2n) is 18.5. The molecule has 0 fully saturated rings. The van der Waals surface area contributed by atoms with Crippen LogP contribution in [0.25, 0.3) is 36.5 Å². The van der Waals surface area contributed by atoms with Gasteiger partial charge in [0.15, 0.2) is 0 Å². The summed E-state index contributed by atoms with van der Waals surface area (Å²) < 4.78 is 21.2. The van der Waals surface area contributed by atoms with E-state index < -0.39 is 0 Å². The molecule has 384 valence electrons. The van der Waals surface area contributed by atoms with E-state index in [0.717, 1.165) is 70.2 Å². The Balaban J connectivity index is 0.000000234. The molecule has 6 aromatic carbocycles. The van der Waals surface area contributed by atoms with Crippen molar-refractivity contribution in [2.45, 2.75) is 62.3 Å². The molecule has 0 saturated heterocycles. The predicted molar refractivity (Wildman–Crippen MR) is 312 cm³/mol. The summed E-state index contributed by atoms with van der Waals surface area (Å²) in [5.41, 5.74) is 7.20. The molecule has 72 heavy (non-hydrogen) atoms. The molecule has 0 N–H and O–H groups in total. The van der Waals surface area contributed by atoms with Crippen LogP contribution in [-0.4, -0.2) is 112 Å². The highest BCUT2D eigenvalue weighted by atomic mass is 16.5. The van der Waals surface area contributed by atoms with Gasteiger partial charge in [-0.1, -0.05) is 164 Å². The normalized spacial score (nSPS) is 11.8. The molecule has 6 nitrogen and oxygen atoms in total. The Labute approximate surface area is 437 Å². The number of likely N-dealkylation sites (N-methyl/N-ethyl adjacent to an activating group) is 3. The molecule has 0 aromatic heterocycles. The minimum absolute atomic E-state index is 0.773. The van der Waals surface area contributed by atoms with Crippen molar-refractivity contribution in [2.75, 3.05) is 98.4 Å². The van der Waals surface area contributed by atoms with Crippen molar-refractivity contribution in [1.29, 1.82) is 0 Å². The smallest absolute Gasteiger partial charge is 0.137 e. The zero-order valence-electron chi connectivity index (χ0n) is 45.7. The number of nitrogens with zero attached hydrogens (tertiary/aromatic N) is 3. The van der Waals surface area contributed by atoms with Gasteiger partial charge in [0.1, 0.15) is 56.7 Å². The Morgan fingerprint density at radius 1 is 0.250 bits per heavy atom. The van der Waals surface area contributed by atoms with E-state index in [0.29, 0.717) is 0 Å². The van der Waals surface area contributed by atoms with E-state index in [-0.39, 0.29) is 0 Å². The van der Waals surface area contributed by atoms with Crippen LogP contribution in [0.2, 0.25) is 0 Å². The molecule has 0 aliphatic heterocycles. The van der Waals surface area contributed by atoms with Crippen LogP contribution in [0.1, 0.15) is 95.7 Å². The Kier molecular flexibility index (Phi) is 26.5. The third-order valence-corrected chi connectivity index (χ3v) is 15.0. The molecule has 0 unspecified atom stereocenters. The van der Waals surface area contributed by atoms with Crippen molar-refractivity contribution in [3.63, 3.8) is 0 Å². The SMILES string of the molecule is CC[N+](CC)(CC)CCOc1ccc(/C=C/c2ccccc2)cc1.CC[N+](CC)(CC)CCOc1ccc(/C=C/c2ccccc2)cc1.CC[N+](CC)(CC)CCOc1ccc(/C=C/c2ccccc2)cc1. The van der Waals surface area contributed by atoms with Gasteiger partial charge in [0, 0.05) is 0 Å². The van der Waals surface area contributed by atoms with E-state index in [1.165, 1.54) is 92.3 Å². The van der Waals surface area contributed by atoms with Crippen molar-refractivity contribution in [3.8, 4) is 17.2 Å². The van der Waals surface area contributed by atoms with Gasteiger partial charge in [-0.25, -0.2) is 0 Å². The Morgan fingerprint density at radius 3 is 0.611 bits per heavy atom. The van der Waals surface area contributed by atoms with Gasteiger partial charge in [-0.2, -0.15) is 0 Å². The van der Waals surface area contributed by atoms with Crippen LogP contribution in [0.15, 0.2) is 164 Å². The summed E-state index contributed by atoms with van der Waals surface area (Å²) in [6.07, 6.45) is 12.8. The molecule has 6 aromatic rings. The Hall–Kier alpha value is -6.18. The topological polar surface area (TPSA) is 27.7 Å². The quantitative estimate of drug-likeness (QED) is 0.0380. The second kappa shape index (κ2) is 32.7. The minimum Gasteiger partial charge on any atom is -0.488 e. The standard InChI is InChI=1S/3C22H30NO/c3*1-4-23(5-2,6-3)18-19-24-22-16-14-21(15-17-22)13-12-20-10-8-7-9-11-20/h3*7-17H,4-6,18-19H2,1-3H3/q3*+1/b3*13-12+. The van der Waals surface area contributed by atoms with Crippen LogP contribution < -0.4 is 14.2 Å². The molecule has 0 aliphatic carbocycles. The van der Waals surface area contributed by atoms with Gasteiger partial charge >= 0.3 is 0 Å². The van der Waals surface area contributed by atoms with E-state index in [1.807, 2.05) is 18.2 Å². The lowest BCUT2D eigenvalue weighted by Crippen LogP contribution is -2.49. The first kappa shape index (κ1) is 58.4. The number of ether oxygens (including phenoxy) is 3. The number of quaternary nitrogens is 3. The van der Waals surface area contributed by atoms with E-state index in [1.54, 1.807) is 0 Å². The first-order valence-electron chi connectivity index (χ1n) is 27.1. The summed E-state index contributed by atoms with van der Waals surface area (Å²) in [5.74, 6) is 2.86. The zero-order valence-corrected chi connectivity index (χ0v) is 45.7. The summed E-state index contributed by atoms with van der Waals surface area (Å²) in [6, 6.07) is 56.1. The molecular formula is C66H90N3O3+3. The number of hydrogen-bond donors (Lipinski definition) is 0. The fourth-order valence-electron chi connectivity index (χ4n) is 8.80. The molecule has 0 radical (unpaired) electrons. The molecule has 0 spiro atoms. The average Bonchev–Trinajstić information content (AvgIpc) is 3.45. The molecular weight excluding hydrogens is 883 g/mol. The molecule has 0 aliphatic rings. The van der Waals surface area contributed by atoms with Crippen molar-refractivity contribution in [2.24, 2.45) is 0 Å². The highest BCUT2D eigenvalue weighted by Gasteiger charge is 2.22. The van der Waals surface area contributed by atoms with Crippen molar-refractivity contribution >= 4 is 36.5 Å². The lowest BCUT2D eigenvalue weighted by molar-refractivity contribution is -0.923. The van der Waals surface area contributed by atoms with Crippen molar-refractivity contribution in [1.82, 2.24) is 0 Å². The summed E-state index contributed by atoms with van der Waals surface area (Å²) in [4.78, 5) is 0. The predicted octanol–water partition coefficient (Wildman–Crippen LogP) is 15.3. The summed E-state index contributed by atoms with van der Waals surface area (Å²) in [6.45, 7) is 36.4. The van der Waals surface area contributed by atoms with Crippen LogP contribution in [0, 0.1) is 0 Å². The summed E-state index contributed by atoms with van der Waals surface area (Å²) >= 11 is 0. The molecule has 0 atom stereocenters. The highest BCUT2D eigenvalue weighted by Crippen LogP contribution is 2.19. The maximum absolute atomic E-state index is 5.95. The maximum atomic E-state index is 5.95. The first-order chi connectivity index (χ1) is 35.1. The van der Waals surface area contributed by atoms with Gasteiger partial charge < -0.3 is 27.7 Å². The van der Waals surface area contributed by atoms with Gasteiger partial charge in [-0.05, 0) is 132 Å². The first-order valence-corrected chi connectivity index (χ1v) is 27.1. The molecule has 0 heterocycles. The number of hydrogen-bond acceptors (Lipinski definition) is 3. The maximum Gasteiger partial charge on any atom is 0.137 e. The largest absolute Gasteiger partial charge is 0.488 e. The number of benzene rings is 6. The van der Waals surface area contributed by atoms with Gasteiger partial charge in [-0.15, -0.1) is 0 Å². The molecule has 6 heteroatoms.